The summed E-state index contributed by atoms with van der Waals surface area (Å²) < 4.78 is 6.75. The van der Waals surface area contributed by atoms with E-state index < -0.39 is 0 Å². The first kappa shape index (κ1) is 21.8. The van der Waals surface area contributed by atoms with Crippen LogP contribution in [-0.2, 0) is 24.3 Å². The van der Waals surface area contributed by atoms with Gasteiger partial charge >= 0.3 is 0 Å². The molecule has 32 heavy (non-hydrogen) atoms. The van der Waals surface area contributed by atoms with Crippen LogP contribution in [0, 0.1) is 0 Å². The van der Waals surface area contributed by atoms with Gasteiger partial charge in [0.1, 0.15) is 12.3 Å². The van der Waals surface area contributed by atoms with Crippen molar-refractivity contribution >= 4 is 28.3 Å². The van der Waals surface area contributed by atoms with Crippen LogP contribution in [0.5, 0.6) is 5.75 Å². The molecule has 4 aromatic rings. The normalized spacial score (nSPS) is 11.9. The minimum Gasteiger partial charge on any atom is -0.497 e. The molecule has 2 aromatic carbocycles. The van der Waals surface area contributed by atoms with Crippen molar-refractivity contribution < 1.29 is 9.53 Å². The first-order valence-corrected chi connectivity index (χ1v) is 11.3. The summed E-state index contributed by atoms with van der Waals surface area (Å²) in [5, 5.41) is 2.04. The van der Waals surface area contributed by atoms with Crippen LogP contribution >= 0.6 is 11.3 Å². The number of rotatable bonds is 8. The zero-order chi connectivity index (χ0) is 22.5. The lowest BCUT2D eigenvalue weighted by atomic mass is 10.1. The lowest BCUT2D eigenvalue weighted by molar-refractivity contribution is -0.134. The largest absolute Gasteiger partial charge is 0.497 e. The maximum Gasteiger partial charge on any atom is 0.269 e. The van der Waals surface area contributed by atoms with Crippen LogP contribution in [0.1, 0.15) is 17.4 Å². The molecule has 7 heteroatoms. The Morgan fingerprint density at radius 2 is 1.91 bits per heavy atom. The van der Waals surface area contributed by atoms with Crippen molar-refractivity contribution in [2.24, 2.45) is 0 Å². The number of para-hydroxylation sites is 2. The van der Waals surface area contributed by atoms with E-state index in [1.807, 2.05) is 64.9 Å². The van der Waals surface area contributed by atoms with Crippen molar-refractivity contribution in [2.45, 2.75) is 32.5 Å². The maximum atomic E-state index is 13.5. The summed E-state index contributed by atoms with van der Waals surface area (Å²) in [4.78, 5) is 33.4. The summed E-state index contributed by atoms with van der Waals surface area (Å²) in [5.74, 6) is 0.663. The molecular weight excluding hydrogens is 422 g/mol. The van der Waals surface area contributed by atoms with Crippen LogP contribution in [0.15, 0.2) is 77.0 Å². The van der Waals surface area contributed by atoms with Crippen molar-refractivity contribution in [3.05, 3.63) is 93.0 Å². The number of fused-ring (bicyclic) bond motifs is 1. The van der Waals surface area contributed by atoms with Gasteiger partial charge in [0.15, 0.2) is 0 Å². The summed E-state index contributed by atoms with van der Waals surface area (Å²) in [6, 6.07) is 19.1. The van der Waals surface area contributed by atoms with Crippen LogP contribution in [0.25, 0.3) is 11.0 Å². The number of methoxy groups -OCH3 is 1. The summed E-state index contributed by atoms with van der Waals surface area (Å²) in [7, 11) is 1.63. The highest BCUT2D eigenvalue weighted by atomic mass is 32.1. The van der Waals surface area contributed by atoms with Crippen molar-refractivity contribution in [1.29, 1.82) is 0 Å². The van der Waals surface area contributed by atoms with E-state index in [-0.39, 0.29) is 24.1 Å². The molecule has 4 rings (SSSR count). The number of benzene rings is 2. The lowest BCUT2D eigenvalue weighted by Gasteiger charge is -2.30. The average molecular weight is 448 g/mol. The zero-order valence-electron chi connectivity index (χ0n) is 18.1. The minimum absolute atomic E-state index is 0.0349. The number of hydrogen-bond acceptors (Lipinski definition) is 5. The maximum absolute atomic E-state index is 13.5. The third-order valence-electron chi connectivity index (χ3n) is 5.49. The van der Waals surface area contributed by atoms with Crippen molar-refractivity contribution in [1.82, 2.24) is 14.5 Å². The van der Waals surface area contributed by atoms with E-state index in [4.69, 9.17) is 4.74 Å². The first-order chi connectivity index (χ1) is 15.5. The van der Waals surface area contributed by atoms with Crippen LogP contribution in [-0.4, -0.2) is 33.5 Å². The molecule has 0 aliphatic carbocycles. The van der Waals surface area contributed by atoms with Gasteiger partial charge in [-0.25, -0.2) is 4.98 Å². The Labute approximate surface area is 190 Å². The number of carbonyl (C=O) groups excluding carboxylic acids is 1. The highest BCUT2D eigenvalue weighted by Gasteiger charge is 2.22. The Morgan fingerprint density at radius 1 is 1.12 bits per heavy atom. The summed E-state index contributed by atoms with van der Waals surface area (Å²) in [5.41, 5.74) is 2.06. The fourth-order valence-electron chi connectivity index (χ4n) is 3.75. The molecule has 0 radical (unpaired) electrons. The molecule has 164 valence electrons. The SMILES string of the molecule is COc1ccc(CN(C(=O)Cn2c(=O)cnc3ccccc32)[C@H](C)Cc2cccs2)cc1. The Kier molecular flexibility index (Phi) is 6.66. The van der Waals surface area contributed by atoms with Gasteiger partial charge in [-0.1, -0.05) is 30.3 Å². The molecule has 2 aromatic heterocycles. The highest BCUT2D eigenvalue weighted by Crippen LogP contribution is 2.19. The van der Waals surface area contributed by atoms with Crippen LogP contribution < -0.4 is 10.3 Å². The molecule has 0 saturated carbocycles. The fraction of sp³-hybridized carbons (Fsp3) is 0.240. The van der Waals surface area contributed by atoms with E-state index in [0.717, 1.165) is 17.7 Å². The van der Waals surface area contributed by atoms with Crippen molar-refractivity contribution in [3.8, 4) is 5.75 Å². The molecule has 2 heterocycles. The smallest absolute Gasteiger partial charge is 0.269 e. The van der Waals surface area contributed by atoms with E-state index in [1.165, 1.54) is 15.6 Å². The van der Waals surface area contributed by atoms with E-state index in [9.17, 15) is 9.59 Å². The molecule has 0 spiro atoms. The van der Waals surface area contributed by atoms with Gasteiger partial charge in [-0.15, -0.1) is 11.3 Å². The Hall–Kier alpha value is -3.45. The number of thiophene rings is 1. The predicted octanol–water partition coefficient (Wildman–Crippen LogP) is 4.13. The van der Waals surface area contributed by atoms with Crippen LogP contribution in [0.2, 0.25) is 0 Å². The number of amides is 1. The quantitative estimate of drug-likeness (QED) is 0.407. The molecule has 1 amide bonds. The second-order valence-electron chi connectivity index (χ2n) is 7.67. The number of aromatic nitrogens is 2. The number of ether oxygens (including phenoxy) is 1. The first-order valence-electron chi connectivity index (χ1n) is 10.4. The number of hydrogen-bond donors (Lipinski definition) is 0. The number of nitrogens with zero attached hydrogens (tertiary/aromatic N) is 3. The van der Waals surface area contributed by atoms with E-state index in [1.54, 1.807) is 18.4 Å². The van der Waals surface area contributed by atoms with Crippen molar-refractivity contribution in [3.63, 3.8) is 0 Å². The molecule has 0 N–H and O–H groups in total. The highest BCUT2D eigenvalue weighted by molar-refractivity contribution is 7.09. The lowest BCUT2D eigenvalue weighted by Crippen LogP contribution is -2.42. The summed E-state index contributed by atoms with van der Waals surface area (Å²) >= 11 is 1.68. The summed E-state index contributed by atoms with van der Waals surface area (Å²) in [6.07, 6.45) is 2.03. The standard InChI is InChI=1S/C25H25N3O3S/c1-18(14-21-6-5-13-32-21)27(16-19-9-11-20(31-2)12-10-19)25(30)17-28-23-8-4-3-7-22(23)26-15-24(28)29/h3-13,15,18H,14,16-17H2,1-2H3/t18-/m1/s1. The molecule has 0 bridgehead atoms. The predicted molar refractivity (Wildman–Crippen MR) is 127 cm³/mol. The molecule has 0 saturated heterocycles. The molecule has 1 atom stereocenters. The second-order valence-corrected chi connectivity index (χ2v) is 8.71. The molecule has 0 aliphatic rings. The third-order valence-corrected chi connectivity index (χ3v) is 6.39. The minimum atomic E-state index is -0.285. The van der Waals surface area contributed by atoms with Gasteiger partial charge in [0.25, 0.3) is 5.56 Å². The van der Waals surface area contributed by atoms with Crippen LogP contribution in [0.4, 0.5) is 0 Å². The van der Waals surface area contributed by atoms with E-state index >= 15 is 0 Å². The molecule has 6 nitrogen and oxygen atoms in total. The summed E-state index contributed by atoms with van der Waals surface area (Å²) in [6.45, 7) is 2.47. The topological polar surface area (TPSA) is 64.4 Å². The van der Waals surface area contributed by atoms with Crippen LogP contribution in [0.3, 0.4) is 0 Å². The molecule has 0 aliphatic heterocycles. The Bertz CT molecular complexity index is 1250. The van der Waals surface area contributed by atoms with Gasteiger partial charge in [0, 0.05) is 23.9 Å². The Morgan fingerprint density at radius 3 is 2.62 bits per heavy atom. The molecule has 0 unspecified atom stereocenters. The second kappa shape index (κ2) is 9.78. The fourth-order valence-corrected chi connectivity index (χ4v) is 4.58. The van der Waals surface area contributed by atoms with Gasteiger partial charge < -0.3 is 9.64 Å². The average Bonchev–Trinajstić information content (AvgIpc) is 3.32. The van der Waals surface area contributed by atoms with Gasteiger partial charge in [-0.05, 0) is 48.2 Å². The third kappa shape index (κ3) is 4.89. The van der Waals surface area contributed by atoms with Gasteiger partial charge in [0.05, 0.1) is 24.3 Å². The van der Waals surface area contributed by atoms with Gasteiger partial charge in [-0.2, -0.15) is 0 Å². The molecule has 0 fully saturated rings. The van der Waals surface area contributed by atoms with E-state index in [0.29, 0.717) is 17.6 Å². The number of carbonyl (C=O) groups is 1. The monoisotopic (exact) mass is 447 g/mol. The Balaban J connectivity index is 1.63. The van der Waals surface area contributed by atoms with Gasteiger partial charge in [0.2, 0.25) is 5.91 Å². The van der Waals surface area contributed by atoms with Crippen molar-refractivity contribution in [2.75, 3.05) is 7.11 Å². The van der Waals surface area contributed by atoms with Gasteiger partial charge in [-0.3, -0.25) is 14.2 Å². The van der Waals surface area contributed by atoms with E-state index in [2.05, 4.69) is 18.0 Å². The zero-order valence-corrected chi connectivity index (χ0v) is 18.9. The molecular formula is C25H25N3O3S.